The smallest absolute Gasteiger partial charge is 0.171 e. The molecule has 2 heterocycles. The Morgan fingerprint density at radius 1 is 1.53 bits per heavy atom. The van der Waals surface area contributed by atoms with Gasteiger partial charge >= 0.3 is 0 Å². The number of rotatable bonds is 3. The largest absolute Gasteiger partial charge is 0.388 e. The Labute approximate surface area is 106 Å². The first-order chi connectivity index (χ1) is 8.22. The maximum atomic E-state index is 12.8. The van der Waals surface area contributed by atoms with E-state index in [-0.39, 0.29) is 23.4 Å². The Bertz CT molecular complexity index is 572. The van der Waals surface area contributed by atoms with Crippen LogP contribution in [0.3, 0.4) is 0 Å². The molecule has 2 aromatic rings. The Balaban J connectivity index is 2.22. The zero-order chi connectivity index (χ0) is 12.0. The van der Waals surface area contributed by atoms with Crippen LogP contribution < -0.4 is 0 Å². The van der Waals surface area contributed by atoms with Gasteiger partial charge in [-0.1, -0.05) is 11.6 Å². The van der Waals surface area contributed by atoms with E-state index in [1.54, 1.807) is 6.20 Å². The summed E-state index contributed by atoms with van der Waals surface area (Å²) in [7, 11) is 0. The molecule has 3 rings (SSSR count). The van der Waals surface area contributed by atoms with Crippen molar-refractivity contribution in [2.24, 2.45) is 5.92 Å². The molecular formula is C10H9ClFN3OS. The van der Waals surface area contributed by atoms with Gasteiger partial charge in [-0.15, -0.1) is 3.89 Å². The second-order valence-electron chi connectivity index (χ2n) is 4.12. The molecule has 0 saturated heterocycles. The van der Waals surface area contributed by atoms with Crippen LogP contribution in [-0.4, -0.2) is 19.0 Å². The summed E-state index contributed by atoms with van der Waals surface area (Å²) in [5, 5.41) is 10.9. The molecule has 1 unspecified atom stereocenters. The standard InChI is InChI=1S/C10H9ClFN3OS/c11-9-7-6(8(16)5-1-2-5)3-15(17-12)10(7)14-4-13-9/h3-5,8,16H,1-2H2. The minimum Gasteiger partial charge on any atom is -0.388 e. The average molecular weight is 274 g/mol. The van der Waals surface area contributed by atoms with Gasteiger partial charge in [0.25, 0.3) is 0 Å². The van der Waals surface area contributed by atoms with Gasteiger partial charge in [-0.25, -0.2) is 13.9 Å². The van der Waals surface area contributed by atoms with Crippen molar-refractivity contribution >= 4 is 35.0 Å². The van der Waals surface area contributed by atoms with Gasteiger partial charge < -0.3 is 5.11 Å². The number of hydrogen-bond donors (Lipinski definition) is 1. The zero-order valence-corrected chi connectivity index (χ0v) is 10.2. The number of aromatic nitrogens is 3. The van der Waals surface area contributed by atoms with E-state index < -0.39 is 6.10 Å². The summed E-state index contributed by atoms with van der Waals surface area (Å²) in [6.07, 6.45) is 4.18. The van der Waals surface area contributed by atoms with Crippen molar-refractivity contribution in [2.45, 2.75) is 18.9 Å². The van der Waals surface area contributed by atoms with Crippen LogP contribution in [0.5, 0.6) is 0 Å². The highest BCUT2D eigenvalue weighted by Gasteiger charge is 2.33. The van der Waals surface area contributed by atoms with Crippen LogP contribution in [0.4, 0.5) is 3.89 Å². The predicted octanol–water partition coefficient (Wildman–Crippen LogP) is 2.91. The first-order valence-corrected chi connectivity index (χ1v) is 6.26. The SMILES string of the molecule is OC(c1cn(SF)c2ncnc(Cl)c12)C1CC1. The van der Waals surface area contributed by atoms with Gasteiger partial charge in [0.2, 0.25) is 0 Å². The lowest BCUT2D eigenvalue weighted by molar-refractivity contribution is 0.155. The van der Waals surface area contributed by atoms with Crippen LogP contribution in [0, 0.1) is 5.92 Å². The van der Waals surface area contributed by atoms with E-state index in [0.29, 0.717) is 16.6 Å². The minimum absolute atomic E-state index is 0.0340. The number of hydrogen-bond acceptors (Lipinski definition) is 4. The third-order valence-corrected chi connectivity index (χ3v) is 3.71. The number of nitrogens with zero attached hydrogens (tertiary/aromatic N) is 3. The number of aliphatic hydroxyl groups excluding tert-OH is 1. The van der Waals surface area contributed by atoms with Gasteiger partial charge in [-0.3, -0.25) is 0 Å². The second kappa shape index (κ2) is 4.12. The maximum absolute atomic E-state index is 12.8. The maximum Gasteiger partial charge on any atom is 0.171 e. The molecule has 2 aromatic heterocycles. The van der Waals surface area contributed by atoms with Crippen molar-refractivity contribution in [1.82, 2.24) is 13.9 Å². The molecule has 1 fully saturated rings. The lowest BCUT2D eigenvalue weighted by atomic mass is 10.1. The summed E-state index contributed by atoms with van der Waals surface area (Å²) >= 11 is 6.03. The third-order valence-electron chi connectivity index (χ3n) is 3.00. The molecule has 1 atom stereocenters. The van der Waals surface area contributed by atoms with Crippen LogP contribution in [0.2, 0.25) is 5.15 Å². The molecule has 4 nitrogen and oxygen atoms in total. The molecule has 17 heavy (non-hydrogen) atoms. The van der Waals surface area contributed by atoms with Crippen molar-refractivity contribution in [2.75, 3.05) is 0 Å². The van der Waals surface area contributed by atoms with E-state index in [4.69, 9.17) is 11.6 Å². The van der Waals surface area contributed by atoms with Gasteiger partial charge in [-0.2, -0.15) is 0 Å². The van der Waals surface area contributed by atoms with E-state index in [1.165, 1.54) is 10.3 Å². The summed E-state index contributed by atoms with van der Waals surface area (Å²) in [5.41, 5.74) is 1.01. The summed E-state index contributed by atoms with van der Waals surface area (Å²) in [6.45, 7) is 0. The van der Waals surface area contributed by atoms with Crippen molar-refractivity contribution in [3.8, 4) is 0 Å². The zero-order valence-electron chi connectivity index (χ0n) is 8.68. The fraction of sp³-hybridized carbons (Fsp3) is 0.400. The van der Waals surface area contributed by atoms with E-state index in [0.717, 1.165) is 12.8 Å². The minimum atomic E-state index is -0.616. The van der Waals surface area contributed by atoms with Crippen molar-refractivity contribution in [3.05, 3.63) is 23.2 Å². The molecule has 1 aliphatic rings. The van der Waals surface area contributed by atoms with Gasteiger partial charge in [0.05, 0.1) is 11.5 Å². The molecule has 7 heteroatoms. The van der Waals surface area contributed by atoms with Crippen LogP contribution >= 0.6 is 23.9 Å². The van der Waals surface area contributed by atoms with Gasteiger partial charge in [0.1, 0.15) is 11.5 Å². The molecule has 1 N–H and O–H groups in total. The van der Waals surface area contributed by atoms with E-state index in [1.807, 2.05) is 0 Å². The van der Waals surface area contributed by atoms with E-state index in [9.17, 15) is 8.99 Å². The monoisotopic (exact) mass is 273 g/mol. The first-order valence-electron chi connectivity index (χ1n) is 5.21. The average Bonchev–Trinajstić information content (AvgIpc) is 3.10. The molecule has 90 valence electrons. The normalized spacial score (nSPS) is 17.6. The highest BCUT2D eigenvalue weighted by Crippen LogP contribution is 2.44. The highest BCUT2D eigenvalue weighted by atomic mass is 35.5. The molecular weight excluding hydrogens is 265 g/mol. The molecule has 0 aromatic carbocycles. The number of fused-ring (bicyclic) bond motifs is 1. The summed E-state index contributed by atoms with van der Waals surface area (Å²) in [4.78, 5) is 7.87. The summed E-state index contributed by atoms with van der Waals surface area (Å²) in [5.74, 6) is 0.245. The lowest BCUT2D eigenvalue weighted by Crippen LogP contribution is -1.98. The van der Waals surface area contributed by atoms with Crippen LogP contribution in [0.15, 0.2) is 12.5 Å². The van der Waals surface area contributed by atoms with Gasteiger partial charge in [0.15, 0.2) is 18.0 Å². The molecule has 0 spiro atoms. The van der Waals surface area contributed by atoms with Crippen LogP contribution in [-0.2, 0) is 0 Å². The molecule has 0 aliphatic heterocycles. The molecule has 0 radical (unpaired) electrons. The second-order valence-corrected chi connectivity index (χ2v) is 5.01. The Hall–Kier alpha value is -0.850. The summed E-state index contributed by atoms with van der Waals surface area (Å²) in [6, 6.07) is 0. The predicted molar refractivity (Wildman–Crippen MR) is 64.3 cm³/mol. The number of aliphatic hydroxyl groups is 1. The van der Waals surface area contributed by atoms with Crippen LogP contribution in [0.25, 0.3) is 11.0 Å². The molecule has 0 amide bonds. The molecule has 1 saturated carbocycles. The van der Waals surface area contributed by atoms with Crippen LogP contribution in [0.1, 0.15) is 24.5 Å². The summed E-state index contributed by atoms with van der Waals surface area (Å²) < 4.78 is 14.0. The van der Waals surface area contributed by atoms with Gasteiger partial charge in [-0.05, 0) is 18.8 Å². The molecule has 0 bridgehead atoms. The third kappa shape index (κ3) is 1.80. The van der Waals surface area contributed by atoms with Crippen molar-refractivity contribution in [1.29, 1.82) is 0 Å². The van der Waals surface area contributed by atoms with E-state index in [2.05, 4.69) is 9.97 Å². The Kier molecular flexibility index (Phi) is 2.72. The first kappa shape index (κ1) is 11.3. The van der Waals surface area contributed by atoms with E-state index >= 15 is 0 Å². The highest BCUT2D eigenvalue weighted by molar-refractivity contribution is 7.92. The fourth-order valence-corrected chi connectivity index (χ4v) is 2.56. The topological polar surface area (TPSA) is 50.9 Å². The lowest BCUT2D eigenvalue weighted by Gasteiger charge is -2.07. The quantitative estimate of drug-likeness (QED) is 0.874. The Morgan fingerprint density at radius 2 is 2.29 bits per heavy atom. The van der Waals surface area contributed by atoms with Crippen molar-refractivity contribution < 1.29 is 8.99 Å². The van der Waals surface area contributed by atoms with Crippen molar-refractivity contribution in [3.63, 3.8) is 0 Å². The fourth-order valence-electron chi connectivity index (χ4n) is 1.97. The Morgan fingerprint density at radius 3 is 2.94 bits per heavy atom. The number of halogens is 2. The van der Waals surface area contributed by atoms with Gasteiger partial charge in [0, 0.05) is 11.8 Å². The molecule has 1 aliphatic carbocycles.